The van der Waals surface area contributed by atoms with Crippen molar-refractivity contribution in [2.24, 2.45) is 12.2 Å². The van der Waals surface area contributed by atoms with E-state index in [1.54, 1.807) is 50.8 Å². The normalized spacial score (nSPS) is 12.0. The maximum atomic E-state index is 11.8. The molecule has 3 aromatic rings. The van der Waals surface area contributed by atoms with Crippen LogP contribution in [0.2, 0.25) is 0 Å². The maximum absolute atomic E-state index is 11.8. The second-order valence-electron chi connectivity index (χ2n) is 8.18. The van der Waals surface area contributed by atoms with E-state index >= 15 is 0 Å². The minimum Gasteiger partial charge on any atom is -0.444 e. The van der Waals surface area contributed by atoms with Crippen molar-refractivity contribution in [3.05, 3.63) is 36.0 Å². The standard InChI is InChI=1S/C20H27N7O4S2/c1-20(2,3)31-19(28)22-9-10-32-18-25-16(15-12-24-27(4)17(15)26-18)23-11-13-5-7-14(8-6-13)33(21,29)30/h5-8,12H,9-11H2,1-4H3,(H,22,28)(H2,21,29,30)(H,23,25,26). The van der Waals surface area contributed by atoms with Crippen LogP contribution < -0.4 is 15.8 Å². The van der Waals surface area contributed by atoms with E-state index in [1.807, 2.05) is 0 Å². The van der Waals surface area contributed by atoms with Crippen LogP contribution in [0.1, 0.15) is 26.3 Å². The molecule has 178 valence electrons. The van der Waals surface area contributed by atoms with Crippen molar-refractivity contribution in [2.75, 3.05) is 17.6 Å². The number of rotatable bonds is 8. The number of amides is 1. The van der Waals surface area contributed by atoms with Crippen LogP contribution in [0, 0.1) is 0 Å². The largest absolute Gasteiger partial charge is 0.444 e. The summed E-state index contributed by atoms with van der Waals surface area (Å²) in [6.45, 7) is 6.23. The van der Waals surface area contributed by atoms with Gasteiger partial charge in [0.25, 0.3) is 0 Å². The average molecular weight is 494 g/mol. The number of carbonyl (C=O) groups is 1. The maximum Gasteiger partial charge on any atom is 0.407 e. The van der Waals surface area contributed by atoms with Crippen LogP contribution in [0.25, 0.3) is 11.0 Å². The number of nitrogens with two attached hydrogens (primary N) is 1. The molecule has 13 heteroatoms. The van der Waals surface area contributed by atoms with E-state index in [0.717, 1.165) is 10.9 Å². The Morgan fingerprint density at radius 1 is 1.21 bits per heavy atom. The van der Waals surface area contributed by atoms with Crippen molar-refractivity contribution in [1.82, 2.24) is 25.1 Å². The first-order chi connectivity index (χ1) is 15.4. The number of fused-ring (bicyclic) bond motifs is 1. The van der Waals surface area contributed by atoms with Gasteiger partial charge in [-0.3, -0.25) is 4.68 Å². The molecule has 0 aliphatic heterocycles. The lowest BCUT2D eigenvalue weighted by molar-refractivity contribution is 0.0531. The van der Waals surface area contributed by atoms with Crippen LogP contribution in [-0.4, -0.2) is 52.2 Å². The summed E-state index contributed by atoms with van der Waals surface area (Å²) in [5, 5.41) is 16.7. The Hall–Kier alpha value is -2.90. The number of primary sulfonamides is 1. The summed E-state index contributed by atoms with van der Waals surface area (Å²) in [5.41, 5.74) is 0.971. The summed E-state index contributed by atoms with van der Waals surface area (Å²) >= 11 is 1.39. The van der Waals surface area contributed by atoms with Crippen molar-refractivity contribution < 1.29 is 17.9 Å². The SMILES string of the molecule is Cn1ncc2c(NCc3ccc(S(N)(=O)=O)cc3)nc(SCCNC(=O)OC(C)(C)C)nc21. The van der Waals surface area contributed by atoms with Crippen LogP contribution in [-0.2, 0) is 28.4 Å². The summed E-state index contributed by atoms with van der Waals surface area (Å²) < 4.78 is 29.7. The molecule has 0 spiro atoms. The van der Waals surface area contributed by atoms with Gasteiger partial charge in [0.05, 0.1) is 16.5 Å². The van der Waals surface area contributed by atoms with E-state index in [2.05, 4.69) is 25.7 Å². The molecular formula is C20H27N7O4S2. The Kier molecular flexibility index (Phi) is 7.44. The first-order valence-electron chi connectivity index (χ1n) is 10.1. The Bertz CT molecular complexity index is 1240. The third kappa shape index (κ3) is 7.04. The third-order valence-electron chi connectivity index (χ3n) is 4.28. The molecular weight excluding hydrogens is 466 g/mol. The monoisotopic (exact) mass is 493 g/mol. The second-order valence-corrected chi connectivity index (χ2v) is 10.8. The molecule has 1 aromatic carbocycles. The van der Waals surface area contributed by atoms with Gasteiger partial charge in [-0.2, -0.15) is 5.10 Å². The number of ether oxygens (including phenoxy) is 1. The van der Waals surface area contributed by atoms with Crippen LogP contribution in [0.4, 0.5) is 10.6 Å². The molecule has 2 aromatic heterocycles. The molecule has 2 heterocycles. The van der Waals surface area contributed by atoms with Gasteiger partial charge in [-0.1, -0.05) is 23.9 Å². The number of carbonyl (C=O) groups excluding carboxylic acids is 1. The first-order valence-corrected chi connectivity index (χ1v) is 12.6. The number of nitrogens with one attached hydrogen (secondary N) is 2. The number of thioether (sulfide) groups is 1. The predicted octanol–water partition coefficient (Wildman–Crippen LogP) is 2.24. The Morgan fingerprint density at radius 2 is 1.91 bits per heavy atom. The van der Waals surface area contributed by atoms with Gasteiger partial charge in [0.1, 0.15) is 11.4 Å². The van der Waals surface area contributed by atoms with Crippen LogP contribution in [0.5, 0.6) is 0 Å². The van der Waals surface area contributed by atoms with E-state index in [4.69, 9.17) is 9.88 Å². The zero-order chi connectivity index (χ0) is 24.2. The summed E-state index contributed by atoms with van der Waals surface area (Å²) in [5.74, 6) is 1.16. The van der Waals surface area contributed by atoms with E-state index in [0.29, 0.717) is 35.5 Å². The number of hydrogen-bond donors (Lipinski definition) is 3. The molecule has 0 bridgehead atoms. The number of hydrogen-bond acceptors (Lipinski definition) is 9. The van der Waals surface area contributed by atoms with E-state index < -0.39 is 21.7 Å². The van der Waals surface area contributed by atoms with Gasteiger partial charge in [0.15, 0.2) is 10.8 Å². The molecule has 0 saturated carbocycles. The van der Waals surface area contributed by atoms with Gasteiger partial charge in [0, 0.05) is 25.9 Å². The van der Waals surface area contributed by atoms with Crippen molar-refractivity contribution in [2.45, 2.75) is 43.0 Å². The lowest BCUT2D eigenvalue weighted by atomic mass is 10.2. The van der Waals surface area contributed by atoms with Gasteiger partial charge in [-0.05, 0) is 38.5 Å². The van der Waals surface area contributed by atoms with Gasteiger partial charge in [0.2, 0.25) is 10.0 Å². The summed E-state index contributed by atoms with van der Waals surface area (Å²) in [6.07, 6.45) is 1.21. The molecule has 0 saturated heterocycles. The van der Waals surface area contributed by atoms with E-state index in [9.17, 15) is 13.2 Å². The highest BCUT2D eigenvalue weighted by atomic mass is 32.2. The van der Waals surface area contributed by atoms with Gasteiger partial charge < -0.3 is 15.4 Å². The lowest BCUT2D eigenvalue weighted by Gasteiger charge is -2.19. The fraction of sp³-hybridized carbons (Fsp3) is 0.400. The molecule has 4 N–H and O–H groups in total. The molecule has 33 heavy (non-hydrogen) atoms. The van der Waals surface area contributed by atoms with Gasteiger partial charge >= 0.3 is 6.09 Å². The van der Waals surface area contributed by atoms with Crippen molar-refractivity contribution >= 4 is 44.7 Å². The minimum atomic E-state index is -3.73. The van der Waals surface area contributed by atoms with Gasteiger partial charge in [-0.15, -0.1) is 0 Å². The number of anilines is 1. The van der Waals surface area contributed by atoms with Crippen LogP contribution >= 0.6 is 11.8 Å². The highest BCUT2D eigenvalue weighted by Crippen LogP contribution is 2.24. The molecule has 0 radical (unpaired) electrons. The van der Waals surface area contributed by atoms with Crippen molar-refractivity contribution in [3.63, 3.8) is 0 Å². The smallest absolute Gasteiger partial charge is 0.407 e. The number of aromatic nitrogens is 4. The second kappa shape index (κ2) is 9.93. The zero-order valence-corrected chi connectivity index (χ0v) is 20.5. The van der Waals surface area contributed by atoms with Gasteiger partial charge in [-0.25, -0.2) is 28.3 Å². The lowest BCUT2D eigenvalue weighted by Crippen LogP contribution is -2.33. The number of aryl methyl sites for hydroxylation is 1. The molecule has 11 nitrogen and oxygen atoms in total. The Balaban J connectivity index is 1.66. The number of nitrogens with zero attached hydrogens (tertiary/aromatic N) is 4. The fourth-order valence-corrected chi connectivity index (χ4v) is 4.00. The van der Waals surface area contributed by atoms with E-state index in [-0.39, 0.29) is 4.90 Å². The quantitative estimate of drug-likeness (QED) is 0.243. The Labute approximate surface area is 196 Å². The number of benzene rings is 1. The zero-order valence-electron chi connectivity index (χ0n) is 18.8. The van der Waals surface area contributed by atoms with Crippen LogP contribution in [0.3, 0.4) is 0 Å². The fourth-order valence-electron chi connectivity index (χ4n) is 2.79. The average Bonchev–Trinajstić information content (AvgIpc) is 3.09. The molecule has 1 amide bonds. The van der Waals surface area contributed by atoms with E-state index in [1.165, 1.54) is 23.9 Å². The highest BCUT2D eigenvalue weighted by molar-refractivity contribution is 7.99. The molecule has 3 rings (SSSR count). The van der Waals surface area contributed by atoms with Crippen molar-refractivity contribution in [1.29, 1.82) is 0 Å². The molecule has 0 aliphatic rings. The minimum absolute atomic E-state index is 0.0570. The topological polar surface area (TPSA) is 154 Å². The van der Waals surface area contributed by atoms with Crippen molar-refractivity contribution in [3.8, 4) is 0 Å². The molecule has 0 unspecified atom stereocenters. The van der Waals surface area contributed by atoms with Crippen LogP contribution in [0.15, 0.2) is 40.5 Å². The summed E-state index contributed by atoms with van der Waals surface area (Å²) in [4.78, 5) is 21.0. The third-order valence-corrected chi connectivity index (χ3v) is 6.06. The Morgan fingerprint density at radius 3 is 2.55 bits per heavy atom. The highest BCUT2D eigenvalue weighted by Gasteiger charge is 2.16. The summed E-state index contributed by atoms with van der Waals surface area (Å²) in [7, 11) is -1.94. The summed E-state index contributed by atoms with van der Waals surface area (Å²) in [6, 6.07) is 6.30. The molecule has 0 aliphatic carbocycles. The number of alkyl carbamates (subject to hydrolysis) is 1. The molecule has 0 fully saturated rings. The number of sulfonamides is 1. The predicted molar refractivity (Wildman–Crippen MR) is 126 cm³/mol. The molecule has 0 atom stereocenters. The first kappa shape index (κ1) is 24.7.